The second-order valence-electron chi connectivity index (χ2n) is 1.62. The number of nitrogens with one attached hydrogen (secondary N) is 2. The Hall–Kier alpha value is -1.08. The lowest BCUT2D eigenvalue weighted by Crippen LogP contribution is -2.21. The maximum absolute atomic E-state index is 10.3. The first kappa shape index (κ1) is 7.03. The van der Waals surface area contributed by atoms with Crippen molar-refractivity contribution in [3.8, 4) is 0 Å². The lowest BCUT2D eigenvalue weighted by molar-refractivity contribution is 0.602. The molecule has 0 aromatic carbocycles. The maximum Gasteiger partial charge on any atom is 0.297 e. The molecule has 1 aromatic rings. The summed E-state index contributed by atoms with van der Waals surface area (Å²) in [7, 11) is -3.67. The number of aromatic amines is 1. The molecule has 1 heterocycles. The van der Waals surface area contributed by atoms with E-state index in [1.54, 1.807) is 0 Å². The van der Waals surface area contributed by atoms with Crippen molar-refractivity contribution in [2.24, 2.45) is 5.14 Å². The van der Waals surface area contributed by atoms with Gasteiger partial charge in [0.25, 0.3) is 10.2 Å². The molecule has 56 valence electrons. The quantitative estimate of drug-likeness (QED) is 0.521. The predicted molar refractivity (Wildman–Crippen MR) is 35.3 cm³/mol. The summed E-state index contributed by atoms with van der Waals surface area (Å²) in [5.74, 6) is 0.252. The molecule has 0 saturated heterocycles. The molecular weight excluding hydrogens is 156 g/mol. The monoisotopic (exact) mass is 162 g/mol. The van der Waals surface area contributed by atoms with Crippen molar-refractivity contribution in [3.63, 3.8) is 0 Å². The van der Waals surface area contributed by atoms with Gasteiger partial charge in [-0.15, -0.1) is 0 Å². The number of aromatic nitrogens is 2. The van der Waals surface area contributed by atoms with E-state index in [0.717, 1.165) is 0 Å². The molecule has 10 heavy (non-hydrogen) atoms. The fourth-order valence-electron chi connectivity index (χ4n) is 0.466. The summed E-state index contributed by atoms with van der Waals surface area (Å²) in [6.07, 6.45) is 1.41. The van der Waals surface area contributed by atoms with Crippen LogP contribution in [0.15, 0.2) is 12.3 Å². The van der Waals surface area contributed by atoms with Gasteiger partial charge in [0.1, 0.15) is 5.82 Å². The second-order valence-corrected chi connectivity index (χ2v) is 2.91. The predicted octanol–water partition coefficient (Wildman–Crippen LogP) is -0.975. The lowest BCUT2D eigenvalue weighted by Gasteiger charge is -1.96. The first-order chi connectivity index (χ1) is 4.58. The Balaban J connectivity index is 2.75. The van der Waals surface area contributed by atoms with E-state index in [-0.39, 0.29) is 5.82 Å². The highest BCUT2D eigenvalue weighted by Crippen LogP contribution is 1.98. The van der Waals surface area contributed by atoms with Gasteiger partial charge in [0.2, 0.25) is 0 Å². The van der Waals surface area contributed by atoms with Gasteiger partial charge in [0, 0.05) is 6.07 Å². The van der Waals surface area contributed by atoms with E-state index >= 15 is 0 Å². The fraction of sp³-hybridized carbons (Fsp3) is 0. The zero-order valence-electron chi connectivity index (χ0n) is 4.90. The van der Waals surface area contributed by atoms with E-state index in [9.17, 15) is 8.42 Å². The van der Waals surface area contributed by atoms with Gasteiger partial charge in [-0.2, -0.15) is 13.5 Å². The van der Waals surface area contributed by atoms with Crippen molar-refractivity contribution in [1.29, 1.82) is 0 Å². The van der Waals surface area contributed by atoms with Gasteiger partial charge in [-0.25, -0.2) is 5.14 Å². The minimum atomic E-state index is -3.67. The standard InChI is InChI=1S/C3H6N4O2S/c4-10(8,9)7-3-1-2-5-6-3/h1-2H,(H2,4,8,9)(H2,5,6,7). The molecular formula is C3H6N4O2S. The molecule has 0 spiro atoms. The van der Waals surface area contributed by atoms with Gasteiger partial charge in [-0.05, 0) is 0 Å². The van der Waals surface area contributed by atoms with Crippen LogP contribution in [0.5, 0.6) is 0 Å². The van der Waals surface area contributed by atoms with Gasteiger partial charge in [0.05, 0.1) is 6.20 Å². The van der Waals surface area contributed by atoms with E-state index in [2.05, 4.69) is 15.3 Å². The Morgan fingerprint density at radius 1 is 1.70 bits per heavy atom. The Labute approximate surface area is 57.6 Å². The first-order valence-electron chi connectivity index (χ1n) is 2.38. The minimum absolute atomic E-state index is 0.252. The third kappa shape index (κ3) is 2.03. The van der Waals surface area contributed by atoms with Gasteiger partial charge in [-0.3, -0.25) is 9.82 Å². The van der Waals surface area contributed by atoms with Crippen molar-refractivity contribution in [3.05, 3.63) is 12.3 Å². The first-order valence-corrected chi connectivity index (χ1v) is 3.92. The average Bonchev–Trinajstić information content (AvgIpc) is 2.12. The molecule has 0 unspecified atom stereocenters. The highest BCUT2D eigenvalue weighted by atomic mass is 32.2. The van der Waals surface area contributed by atoms with Crippen molar-refractivity contribution in [2.45, 2.75) is 0 Å². The van der Waals surface area contributed by atoms with Crippen molar-refractivity contribution in [1.82, 2.24) is 10.2 Å². The second kappa shape index (κ2) is 2.27. The molecule has 0 bridgehead atoms. The summed E-state index contributed by atoms with van der Waals surface area (Å²) in [6, 6.07) is 1.45. The molecule has 1 rings (SSSR count). The highest BCUT2D eigenvalue weighted by Gasteiger charge is 2.00. The smallest absolute Gasteiger partial charge is 0.262 e. The summed E-state index contributed by atoms with van der Waals surface area (Å²) in [6.45, 7) is 0. The Bertz CT molecular complexity index is 288. The van der Waals surface area contributed by atoms with E-state index in [0.29, 0.717) is 0 Å². The summed E-state index contributed by atoms with van der Waals surface area (Å²) in [5, 5.41) is 10.5. The summed E-state index contributed by atoms with van der Waals surface area (Å²) >= 11 is 0. The third-order valence-electron chi connectivity index (χ3n) is 0.753. The third-order valence-corrected chi connectivity index (χ3v) is 1.26. The number of nitrogens with two attached hydrogens (primary N) is 1. The zero-order chi connectivity index (χ0) is 7.61. The molecule has 6 nitrogen and oxygen atoms in total. The molecule has 0 aliphatic heterocycles. The average molecular weight is 162 g/mol. The molecule has 0 fully saturated rings. The van der Waals surface area contributed by atoms with Crippen LogP contribution >= 0.6 is 0 Å². The molecule has 1 aromatic heterocycles. The largest absolute Gasteiger partial charge is 0.297 e. The van der Waals surface area contributed by atoms with Crippen LogP contribution in [0.4, 0.5) is 5.82 Å². The number of hydrogen-bond acceptors (Lipinski definition) is 3. The number of rotatable bonds is 2. The van der Waals surface area contributed by atoms with Crippen molar-refractivity contribution in [2.75, 3.05) is 4.72 Å². The Morgan fingerprint density at radius 2 is 2.40 bits per heavy atom. The zero-order valence-corrected chi connectivity index (χ0v) is 5.72. The maximum atomic E-state index is 10.3. The summed E-state index contributed by atoms with van der Waals surface area (Å²) < 4.78 is 22.6. The summed E-state index contributed by atoms with van der Waals surface area (Å²) in [5.41, 5.74) is 0. The van der Waals surface area contributed by atoms with E-state index < -0.39 is 10.2 Å². The minimum Gasteiger partial charge on any atom is -0.262 e. The fourth-order valence-corrected chi connectivity index (χ4v) is 0.886. The Morgan fingerprint density at radius 3 is 2.80 bits per heavy atom. The lowest BCUT2D eigenvalue weighted by atomic mass is 10.7. The molecule has 7 heteroatoms. The van der Waals surface area contributed by atoms with E-state index in [1.807, 2.05) is 4.72 Å². The van der Waals surface area contributed by atoms with Crippen LogP contribution in [-0.2, 0) is 10.2 Å². The Kier molecular flexibility index (Phi) is 1.60. The van der Waals surface area contributed by atoms with Gasteiger partial charge < -0.3 is 0 Å². The van der Waals surface area contributed by atoms with Crippen LogP contribution in [0.3, 0.4) is 0 Å². The SMILES string of the molecule is NS(=O)(=O)Nc1ccn[nH]1. The molecule has 4 N–H and O–H groups in total. The number of H-pyrrole nitrogens is 1. The van der Waals surface area contributed by atoms with Crippen LogP contribution < -0.4 is 9.86 Å². The number of anilines is 1. The van der Waals surface area contributed by atoms with E-state index in [1.165, 1.54) is 12.3 Å². The van der Waals surface area contributed by atoms with Crippen molar-refractivity contribution >= 4 is 16.0 Å². The van der Waals surface area contributed by atoms with Crippen LogP contribution in [-0.4, -0.2) is 18.6 Å². The molecule has 0 aliphatic rings. The normalized spacial score (nSPS) is 11.3. The van der Waals surface area contributed by atoms with E-state index in [4.69, 9.17) is 0 Å². The molecule has 0 aliphatic carbocycles. The molecule has 0 atom stereocenters. The van der Waals surface area contributed by atoms with Crippen LogP contribution in [0.1, 0.15) is 0 Å². The molecule has 0 amide bonds. The van der Waals surface area contributed by atoms with Gasteiger partial charge in [-0.1, -0.05) is 0 Å². The molecule has 0 saturated carbocycles. The van der Waals surface area contributed by atoms with Crippen LogP contribution in [0.25, 0.3) is 0 Å². The molecule has 0 radical (unpaired) electrons. The number of nitrogens with zero attached hydrogens (tertiary/aromatic N) is 1. The highest BCUT2D eigenvalue weighted by molar-refractivity contribution is 7.90. The topological polar surface area (TPSA) is 101 Å². The number of hydrogen-bond donors (Lipinski definition) is 3. The van der Waals surface area contributed by atoms with Crippen LogP contribution in [0, 0.1) is 0 Å². The van der Waals surface area contributed by atoms with Crippen LogP contribution in [0.2, 0.25) is 0 Å². The van der Waals surface area contributed by atoms with Crippen molar-refractivity contribution < 1.29 is 8.42 Å². The summed E-state index contributed by atoms with van der Waals surface area (Å²) in [4.78, 5) is 0. The van der Waals surface area contributed by atoms with Gasteiger partial charge in [0.15, 0.2) is 0 Å². The van der Waals surface area contributed by atoms with Gasteiger partial charge >= 0.3 is 0 Å².